The molecule has 64 heavy (non-hydrogen) atoms. The van der Waals surface area contributed by atoms with Crippen LogP contribution in [0.5, 0.6) is 0 Å². The van der Waals surface area contributed by atoms with Crippen LogP contribution in [0.4, 0.5) is 34.1 Å². The number of anilines is 6. The highest BCUT2D eigenvalue weighted by molar-refractivity contribution is 7.00. The molecule has 3 aliphatic rings. The molecule has 0 unspecified atom stereocenters. The summed E-state index contributed by atoms with van der Waals surface area (Å²) in [5.41, 5.74) is 23.6. The molecule has 0 bridgehead atoms. The van der Waals surface area contributed by atoms with Gasteiger partial charge < -0.3 is 9.80 Å². The Morgan fingerprint density at radius 2 is 0.922 bits per heavy atom. The first-order valence-corrected chi connectivity index (χ1v) is 23.6. The van der Waals surface area contributed by atoms with Gasteiger partial charge in [-0.05, 0) is 149 Å². The Bertz CT molecular complexity index is 2970. The monoisotopic (exact) mass is 837 g/mol. The second-order valence-corrected chi connectivity index (χ2v) is 23.5. The smallest absolute Gasteiger partial charge is 0.252 e. The molecule has 0 saturated carbocycles. The van der Waals surface area contributed by atoms with Gasteiger partial charge in [0.2, 0.25) is 0 Å². The number of hydrogen-bond acceptors (Lipinski definition) is 2. The van der Waals surface area contributed by atoms with E-state index in [9.17, 15) is 0 Å². The van der Waals surface area contributed by atoms with Gasteiger partial charge in [-0.25, -0.2) is 0 Å². The van der Waals surface area contributed by atoms with E-state index in [2.05, 4.69) is 245 Å². The van der Waals surface area contributed by atoms with Crippen LogP contribution in [0.1, 0.15) is 124 Å². The SMILES string of the molecule is CC(C)(C)c1ccc(N2c3ccc(C(C)(C)C)cc3B3c4cc5c(cc4N(c4ccc(C(C)(C)C)cc4-c4cccc(-c6ccccc6)c4)c4cccc2c43)C(C)(C)CC5(C)C)cc1. The Hall–Kier alpha value is -5.80. The maximum absolute atomic E-state index is 2.66. The molecule has 0 N–H and O–H groups in total. The number of rotatable bonds is 4. The van der Waals surface area contributed by atoms with Crippen molar-refractivity contribution in [3.8, 4) is 22.3 Å². The molecule has 7 aromatic carbocycles. The predicted octanol–water partition coefficient (Wildman–Crippen LogP) is 15.0. The van der Waals surface area contributed by atoms with Crippen molar-refractivity contribution in [3.63, 3.8) is 0 Å². The Labute approximate surface area is 384 Å². The molecule has 0 saturated heterocycles. The summed E-state index contributed by atoms with van der Waals surface area (Å²) in [6.45, 7) is 30.8. The molecule has 1 aliphatic carbocycles. The fourth-order valence-electron chi connectivity index (χ4n) is 11.4. The number of nitrogens with zero attached hydrogens (tertiary/aromatic N) is 2. The van der Waals surface area contributed by atoms with Crippen molar-refractivity contribution >= 4 is 57.2 Å². The van der Waals surface area contributed by atoms with Crippen LogP contribution in [0.15, 0.2) is 146 Å². The summed E-state index contributed by atoms with van der Waals surface area (Å²) in [6.07, 6.45) is 1.11. The van der Waals surface area contributed by atoms with E-state index in [0.29, 0.717) is 0 Å². The Balaban J connectivity index is 1.30. The molecule has 0 spiro atoms. The van der Waals surface area contributed by atoms with Crippen molar-refractivity contribution in [1.82, 2.24) is 0 Å². The van der Waals surface area contributed by atoms with Crippen LogP contribution in [0.3, 0.4) is 0 Å². The van der Waals surface area contributed by atoms with Crippen molar-refractivity contribution in [2.75, 3.05) is 9.80 Å². The van der Waals surface area contributed by atoms with Gasteiger partial charge in [0, 0.05) is 34.0 Å². The third kappa shape index (κ3) is 6.84. The molecular weight excluding hydrogens is 771 g/mol. The minimum absolute atomic E-state index is 0.0144. The first-order valence-electron chi connectivity index (χ1n) is 23.6. The topological polar surface area (TPSA) is 6.48 Å². The summed E-state index contributed by atoms with van der Waals surface area (Å²) in [4.78, 5) is 5.21. The maximum Gasteiger partial charge on any atom is 0.252 e. The van der Waals surface area contributed by atoms with Crippen LogP contribution in [0.2, 0.25) is 0 Å². The van der Waals surface area contributed by atoms with E-state index in [-0.39, 0.29) is 33.8 Å². The standard InChI is InChI=1S/C61H65BN2/c1-57(2,3)42-25-29-45(30-26-42)63-52-32-28-44(59(7,8)9)35-49(52)62-50-36-47-48(61(12,13)38-60(47,10)11)37-55(50)64(54-24-18-23-53(63)56(54)62)51-31-27-43(58(4,5)6)34-46(51)41-22-17-21-40(33-41)39-19-15-14-16-20-39/h14-37H,38H2,1-13H3. The summed E-state index contributed by atoms with van der Waals surface area (Å²) in [6, 6.07) is 56.3. The van der Waals surface area contributed by atoms with E-state index in [4.69, 9.17) is 0 Å². The summed E-state index contributed by atoms with van der Waals surface area (Å²) in [5, 5.41) is 0. The summed E-state index contributed by atoms with van der Waals surface area (Å²) in [7, 11) is 0. The van der Waals surface area contributed by atoms with Crippen LogP contribution in [0, 0.1) is 0 Å². The maximum atomic E-state index is 2.66. The highest BCUT2D eigenvalue weighted by Crippen LogP contribution is 2.53. The molecule has 0 aromatic heterocycles. The molecule has 3 heteroatoms. The summed E-state index contributed by atoms with van der Waals surface area (Å²) >= 11 is 0. The number of hydrogen-bond donors (Lipinski definition) is 0. The Kier molecular flexibility index (Phi) is 9.46. The van der Waals surface area contributed by atoms with E-state index >= 15 is 0 Å². The van der Waals surface area contributed by atoms with Crippen LogP contribution in [-0.4, -0.2) is 6.71 Å². The lowest BCUT2D eigenvalue weighted by Gasteiger charge is -2.45. The van der Waals surface area contributed by atoms with Gasteiger partial charge in [-0.3, -0.25) is 0 Å². The number of benzene rings is 7. The Morgan fingerprint density at radius 1 is 0.406 bits per heavy atom. The summed E-state index contributed by atoms with van der Waals surface area (Å²) in [5.74, 6) is 0. The van der Waals surface area contributed by atoms with Gasteiger partial charge in [0.05, 0.1) is 5.69 Å². The third-order valence-electron chi connectivity index (χ3n) is 14.7. The van der Waals surface area contributed by atoms with E-state index < -0.39 is 0 Å². The molecule has 2 heterocycles. The van der Waals surface area contributed by atoms with Crippen LogP contribution in [-0.2, 0) is 27.1 Å². The van der Waals surface area contributed by atoms with Crippen molar-refractivity contribution in [2.45, 2.75) is 124 Å². The molecule has 322 valence electrons. The van der Waals surface area contributed by atoms with E-state index in [1.54, 1.807) is 0 Å². The number of fused-ring (bicyclic) bond motifs is 5. The van der Waals surface area contributed by atoms with Gasteiger partial charge in [0.15, 0.2) is 0 Å². The molecule has 0 fully saturated rings. The molecule has 0 amide bonds. The van der Waals surface area contributed by atoms with Crippen molar-refractivity contribution in [2.24, 2.45) is 0 Å². The molecular formula is C61H65BN2. The molecule has 7 aromatic rings. The van der Waals surface area contributed by atoms with Gasteiger partial charge >= 0.3 is 0 Å². The zero-order chi connectivity index (χ0) is 45.3. The molecule has 0 radical (unpaired) electrons. The quantitative estimate of drug-likeness (QED) is 0.163. The van der Waals surface area contributed by atoms with Crippen molar-refractivity contribution < 1.29 is 0 Å². The highest BCUT2D eigenvalue weighted by atomic mass is 15.2. The minimum atomic E-state index is -0.0327. The van der Waals surface area contributed by atoms with Crippen molar-refractivity contribution in [3.05, 3.63) is 173 Å². The Morgan fingerprint density at radius 3 is 1.56 bits per heavy atom. The van der Waals surface area contributed by atoms with Crippen LogP contribution >= 0.6 is 0 Å². The fraction of sp³-hybridized carbons (Fsp3) is 0.311. The lowest BCUT2D eigenvalue weighted by Crippen LogP contribution is -2.61. The molecule has 0 atom stereocenters. The summed E-state index contributed by atoms with van der Waals surface area (Å²) < 4.78 is 0. The van der Waals surface area contributed by atoms with Crippen LogP contribution < -0.4 is 26.2 Å². The van der Waals surface area contributed by atoms with E-state index in [1.807, 2.05) is 0 Å². The minimum Gasteiger partial charge on any atom is -0.311 e. The predicted molar refractivity (Wildman–Crippen MR) is 278 cm³/mol. The van der Waals surface area contributed by atoms with E-state index in [0.717, 1.165) is 6.42 Å². The fourth-order valence-corrected chi connectivity index (χ4v) is 11.4. The molecule has 2 aliphatic heterocycles. The normalized spacial score (nSPS) is 16.0. The average Bonchev–Trinajstić information content (AvgIpc) is 3.43. The average molecular weight is 837 g/mol. The lowest BCUT2D eigenvalue weighted by molar-refractivity contribution is 0.403. The van der Waals surface area contributed by atoms with Gasteiger partial charge in [-0.1, -0.05) is 181 Å². The second kappa shape index (κ2) is 14.4. The van der Waals surface area contributed by atoms with Crippen LogP contribution in [0.25, 0.3) is 22.3 Å². The van der Waals surface area contributed by atoms with Crippen molar-refractivity contribution in [1.29, 1.82) is 0 Å². The van der Waals surface area contributed by atoms with Gasteiger partial charge in [0.1, 0.15) is 0 Å². The van der Waals surface area contributed by atoms with Gasteiger partial charge in [-0.15, -0.1) is 0 Å². The van der Waals surface area contributed by atoms with Gasteiger partial charge in [0.25, 0.3) is 6.71 Å². The lowest BCUT2D eigenvalue weighted by atomic mass is 9.33. The first kappa shape index (κ1) is 42.2. The zero-order valence-corrected chi connectivity index (χ0v) is 40.5. The van der Waals surface area contributed by atoms with E-state index in [1.165, 1.54) is 101 Å². The second-order valence-electron chi connectivity index (χ2n) is 23.5. The third-order valence-corrected chi connectivity index (χ3v) is 14.7. The first-order chi connectivity index (χ1) is 30.1. The molecule has 10 rings (SSSR count). The zero-order valence-electron chi connectivity index (χ0n) is 40.5. The highest BCUT2D eigenvalue weighted by Gasteiger charge is 2.48. The molecule has 2 nitrogen and oxygen atoms in total. The largest absolute Gasteiger partial charge is 0.311 e. The van der Waals surface area contributed by atoms with Gasteiger partial charge in [-0.2, -0.15) is 0 Å².